The maximum atomic E-state index is 10.3. The molecule has 18 rings (SSSR count). The Morgan fingerprint density at radius 3 is 1.10 bits per heavy atom. The molecule has 8 heteroatoms. The Morgan fingerprint density at radius 1 is 0.244 bits per heavy atom. The highest BCUT2D eigenvalue weighted by atomic mass is 15.1. The van der Waals surface area contributed by atoms with Crippen LogP contribution in [0, 0.1) is 11.3 Å². The molecule has 0 saturated heterocycles. The Morgan fingerprint density at radius 2 is 0.622 bits per heavy atom. The van der Waals surface area contributed by atoms with E-state index in [0.29, 0.717) is 23.0 Å². The Labute approximate surface area is 516 Å². The first kappa shape index (κ1) is 50.8. The predicted molar refractivity (Wildman–Crippen MR) is 369 cm³/mol. The molecule has 0 radical (unpaired) electrons. The molecule has 0 aliphatic rings. The lowest BCUT2D eigenvalue weighted by Gasteiger charge is -2.21. The van der Waals surface area contributed by atoms with Crippen LogP contribution >= 0.6 is 0 Å². The van der Waals surface area contributed by atoms with Gasteiger partial charge in [-0.25, -0.2) is 15.0 Å². The zero-order chi connectivity index (χ0) is 59.4. The topological polar surface area (TPSA) is 82.2 Å². The van der Waals surface area contributed by atoms with Crippen LogP contribution in [0.1, 0.15) is 5.56 Å². The molecule has 0 amide bonds. The minimum atomic E-state index is 0.516. The Bertz CT molecular complexity index is 5830. The van der Waals surface area contributed by atoms with Crippen LogP contribution < -0.4 is 0 Å². The SMILES string of the molecule is N#Cc1cccc(-c2ccc(-n3c4ccccc4c4cc(-n5c6ccccc6c6ccccc65)ccc43)c(-c3cccc(-n4c5ccccc5c5cc(-n6c7ccccc7c7ccccc76)ccc54)c3-c3nc(-c4ccccc4)nc(-c4ccccc4)n3)c2)c1. The fourth-order valence-electron chi connectivity index (χ4n) is 14.1. The number of aromatic nitrogens is 7. The van der Waals surface area contributed by atoms with E-state index in [2.05, 4.69) is 273 Å². The maximum absolute atomic E-state index is 10.3. The van der Waals surface area contributed by atoms with Gasteiger partial charge in [0.15, 0.2) is 17.5 Å². The molecule has 90 heavy (non-hydrogen) atoms. The third-order valence-electron chi connectivity index (χ3n) is 18.0. The molecule has 0 bridgehead atoms. The van der Waals surface area contributed by atoms with Crippen LogP contribution in [0.25, 0.3) is 166 Å². The molecule has 418 valence electrons. The zero-order valence-electron chi connectivity index (χ0n) is 48.4. The molecule has 0 aliphatic heterocycles. The molecule has 13 aromatic carbocycles. The number of rotatable bonds is 9. The number of hydrogen-bond donors (Lipinski definition) is 0. The molecule has 0 unspecified atom stereocenters. The third-order valence-corrected chi connectivity index (χ3v) is 18.0. The van der Waals surface area contributed by atoms with Crippen molar-refractivity contribution in [2.45, 2.75) is 0 Å². The normalized spacial score (nSPS) is 11.8. The van der Waals surface area contributed by atoms with E-state index in [-0.39, 0.29) is 0 Å². The van der Waals surface area contributed by atoms with Crippen LogP contribution in [-0.4, -0.2) is 33.2 Å². The monoisotopic (exact) mass is 1150 g/mol. The van der Waals surface area contributed by atoms with E-state index in [4.69, 9.17) is 15.0 Å². The molecular weight excluding hydrogens is 1100 g/mol. The minimum absolute atomic E-state index is 0.516. The molecule has 0 spiro atoms. The van der Waals surface area contributed by atoms with Crippen molar-refractivity contribution < 1.29 is 0 Å². The molecule has 5 aromatic heterocycles. The maximum Gasteiger partial charge on any atom is 0.166 e. The second-order valence-electron chi connectivity index (χ2n) is 23.0. The van der Waals surface area contributed by atoms with E-state index >= 15 is 0 Å². The summed E-state index contributed by atoms with van der Waals surface area (Å²) in [6.45, 7) is 0. The van der Waals surface area contributed by atoms with Crippen LogP contribution in [0.5, 0.6) is 0 Å². The van der Waals surface area contributed by atoms with Gasteiger partial charge in [0.1, 0.15) is 0 Å². The van der Waals surface area contributed by atoms with Gasteiger partial charge in [0.05, 0.1) is 72.7 Å². The fourth-order valence-corrected chi connectivity index (χ4v) is 14.1. The van der Waals surface area contributed by atoms with E-state index in [1.165, 1.54) is 21.5 Å². The third kappa shape index (κ3) is 7.90. The van der Waals surface area contributed by atoms with Crippen molar-refractivity contribution in [3.63, 3.8) is 0 Å². The highest BCUT2D eigenvalue weighted by molar-refractivity contribution is 6.15. The number of nitriles is 1. The van der Waals surface area contributed by atoms with Crippen LogP contribution in [0.3, 0.4) is 0 Å². The molecule has 0 saturated carbocycles. The lowest BCUT2D eigenvalue weighted by Crippen LogP contribution is -2.06. The predicted octanol–water partition coefficient (Wildman–Crippen LogP) is 20.5. The van der Waals surface area contributed by atoms with E-state index in [1.54, 1.807) is 0 Å². The first-order valence-corrected chi connectivity index (χ1v) is 30.3. The van der Waals surface area contributed by atoms with Crippen molar-refractivity contribution in [1.29, 1.82) is 5.26 Å². The van der Waals surface area contributed by atoms with Crippen LogP contribution in [0.2, 0.25) is 0 Å². The van der Waals surface area contributed by atoms with Crippen molar-refractivity contribution in [2.24, 2.45) is 0 Å². The largest absolute Gasteiger partial charge is 0.309 e. The van der Waals surface area contributed by atoms with E-state index in [0.717, 1.165) is 127 Å². The summed E-state index contributed by atoms with van der Waals surface area (Å²) >= 11 is 0. The average Bonchev–Trinajstić information content (AvgIpc) is 1.54. The van der Waals surface area contributed by atoms with Gasteiger partial charge in [-0.05, 0) is 120 Å². The number of nitrogens with zero attached hydrogens (tertiary/aromatic N) is 8. The molecular formula is C82H50N8. The summed E-state index contributed by atoms with van der Waals surface area (Å²) in [5.74, 6) is 1.63. The zero-order valence-corrected chi connectivity index (χ0v) is 48.4. The quantitative estimate of drug-likeness (QED) is 0.144. The van der Waals surface area contributed by atoms with Gasteiger partial charge in [-0.1, -0.05) is 200 Å². The first-order chi connectivity index (χ1) is 44.6. The average molecular weight is 1150 g/mol. The van der Waals surface area contributed by atoms with Crippen molar-refractivity contribution in [1.82, 2.24) is 33.2 Å². The Hall–Kier alpha value is -12.4. The smallest absolute Gasteiger partial charge is 0.166 e. The van der Waals surface area contributed by atoms with Gasteiger partial charge in [0.2, 0.25) is 0 Å². The molecule has 0 N–H and O–H groups in total. The molecule has 8 nitrogen and oxygen atoms in total. The van der Waals surface area contributed by atoms with E-state index in [1.807, 2.05) is 54.6 Å². The second-order valence-corrected chi connectivity index (χ2v) is 23.0. The van der Waals surface area contributed by atoms with Gasteiger partial charge in [-0.15, -0.1) is 0 Å². The number of fused-ring (bicyclic) bond motifs is 12. The highest BCUT2D eigenvalue weighted by Gasteiger charge is 2.27. The van der Waals surface area contributed by atoms with E-state index in [9.17, 15) is 5.26 Å². The van der Waals surface area contributed by atoms with Gasteiger partial charge < -0.3 is 18.3 Å². The summed E-state index contributed by atoms with van der Waals surface area (Å²) < 4.78 is 9.62. The Kier molecular flexibility index (Phi) is 11.5. The summed E-state index contributed by atoms with van der Waals surface area (Å²) in [4.78, 5) is 16.5. The van der Waals surface area contributed by atoms with Crippen molar-refractivity contribution in [2.75, 3.05) is 0 Å². The summed E-state index contributed by atoms with van der Waals surface area (Å²) in [5, 5.41) is 19.6. The molecule has 5 heterocycles. The fraction of sp³-hybridized carbons (Fsp3) is 0. The first-order valence-electron chi connectivity index (χ1n) is 30.3. The van der Waals surface area contributed by atoms with Gasteiger partial charge in [0, 0.05) is 71.2 Å². The summed E-state index contributed by atoms with van der Waals surface area (Å²) in [5.41, 5.74) is 19.7. The second kappa shape index (κ2) is 20.3. The molecule has 0 atom stereocenters. The van der Waals surface area contributed by atoms with Gasteiger partial charge in [0.25, 0.3) is 0 Å². The standard InChI is InChI=1S/C82H50N8/c83-51-52-21-19-26-55(47-52)56-41-44-75(89-73-38-17-11-31-63(73)67-49-57(42-45-76(67)89)87-69-34-13-7-27-59(69)60-28-8-14-35-70(60)87)66(48-56)65-33-20-40-78(79(65)82-85-80(53-22-3-1-4-23-53)84-81(86-82)54-24-5-2-6-25-54)90-74-39-18-12-32-64(74)68-50-58(43-46-77(68)90)88-71-36-15-9-29-61(71)62-30-10-16-37-72(62)88/h1-50H. The van der Waals surface area contributed by atoms with Crippen LogP contribution in [-0.2, 0) is 0 Å². The van der Waals surface area contributed by atoms with Crippen LogP contribution in [0.15, 0.2) is 303 Å². The van der Waals surface area contributed by atoms with Crippen LogP contribution in [0.4, 0.5) is 0 Å². The Balaban J connectivity index is 0.945. The summed E-state index contributed by atoms with van der Waals surface area (Å²) in [7, 11) is 0. The highest BCUT2D eigenvalue weighted by Crippen LogP contribution is 2.47. The lowest BCUT2D eigenvalue weighted by molar-refractivity contribution is 1.06. The molecule has 0 aliphatic carbocycles. The molecule has 0 fully saturated rings. The van der Waals surface area contributed by atoms with Crippen molar-refractivity contribution in [3.05, 3.63) is 309 Å². The van der Waals surface area contributed by atoms with Crippen molar-refractivity contribution in [3.8, 4) is 85.2 Å². The number of benzene rings is 13. The van der Waals surface area contributed by atoms with Gasteiger partial charge >= 0.3 is 0 Å². The van der Waals surface area contributed by atoms with E-state index < -0.39 is 0 Å². The minimum Gasteiger partial charge on any atom is -0.309 e. The van der Waals surface area contributed by atoms with Crippen molar-refractivity contribution >= 4 is 87.2 Å². The lowest BCUT2D eigenvalue weighted by atomic mass is 9.92. The summed E-state index contributed by atoms with van der Waals surface area (Å²) in [6.07, 6.45) is 0. The van der Waals surface area contributed by atoms with Gasteiger partial charge in [-0.2, -0.15) is 5.26 Å². The molecule has 18 aromatic rings. The number of para-hydroxylation sites is 6. The number of hydrogen-bond acceptors (Lipinski definition) is 4. The van der Waals surface area contributed by atoms with Gasteiger partial charge in [-0.3, -0.25) is 0 Å². The summed E-state index contributed by atoms with van der Waals surface area (Å²) in [6, 6.07) is 110.